The highest BCUT2D eigenvalue weighted by molar-refractivity contribution is 5.80. The minimum atomic E-state index is 0.592. The minimum Gasteiger partial charge on any atom is -0.326 e. The first-order valence-corrected chi connectivity index (χ1v) is 5.47. The number of nitrogens with two attached hydrogens (primary N) is 1. The summed E-state index contributed by atoms with van der Waals surface area (Å²) in [5, 5.41) is 0. The van der Waals surface area contributed by atoms with E-state index >= 15 is 0 Å². The van der Waals surface area contributed by atoms with Gasteiger partial charge in [0.1, 0.15) is 5.82 Å². The smallest absolute Gasteiger partial charge is 0.106 e. The molecule has 0 amide bonds. The number of para-hydroxylation sites is 1. The molecule has 2 aromatic rings. The maximum absolute atomic E-state index is 5.77. The van der Waals surface area contributed by atoms with Crippen molar-refractivity contribution in [1.29, 1.82) is 0 Å². The normalized spacial score (nSPS) is 16.1. The Kier molecular flexibility index (Phi) is 1.83. The fourth-order valence-corrected chi connectivity index (χ4v) is 2.28. The molecular formula is C12H15N3. The molecule has 78 valence electrons. The lowest BCUT2D eigenvalue weighted by Gasteiger charge is -2.07. The van der Waals surface area contributed by atoms with Crippen molar-refractivity contribution in [2.24, 2.45) is 5.73 Å². The minimum absolute atomic E-state index is 0.592. The highest BCUT2D eigenvalue weighted by Gasteiger charge is 2.27. The van der Waals surface area contributed by atoms with Crippen LogP contribution in [-0.2, 0) is 6.54 Å². The summed E-state index contributed by atoms with van der Waals surface area (Å²) < 4.78 is 2.36. The van der Waals surface area contributed by atoms with Crippen molar-refractivity contribution in [1.82, 2.24) is 9.55 Å². The Hall–Kier alpha value is -1.35. The standard InChI is InChI=1S/C12H15N3/c1-8-14-11-4-2-3-9(7-13)12(11)15(8)10-5-6-10/h2-4,10H,5-7,13H2,1H3. The molecule has 0 atom stereocenters. The van der Waals surface area contributed by atoms with Crippen LogP contribution in [0.1, 0.15) is 30.3 Å². The molecule has 15 heavy (non-hydrogen) atoms. The second kappa shape index (κ2) is 3.07. The zero-order valence-electron chi connectivity index (χ0n) is 8.90. The van der Waals surface area contributed by atoms with Crippen LogP contribution >= 0.6 is 0 Å². The Bertz CT molecular complexity index is 509. The Labute approximate surface area is 88.9 Å². The van der Waals surface area contributed by atoms with Crippen LogP contribution in [0.2, 0.25) is 0 Å². The summed E-state index contributed by atoms with van der Waals surface area (Å²) in [4.78, 5) is 4.59. The SMILES string of the molecule is Cc1nc2cccc(CN)c2n1C1CC1. The molecule has 3 heteroatoms. The van der Waals surface area contributed by atoms with E-state index in [0.717, 1.165) is 11.3 Å². The van der Waals surface area contributed by atoms with E-state index in [1.54, 1.807) is 0 Å². The van der Waals surface area contributed by atoms with Crippen LogP contribution in [0.5, 0.6) is 0 Å². The van der Waals surface area contributed by atoms with Crippen LogP contribution in [-0.4, -0.2) is 9.55 Å². The zero-order valence-corrected chi connectivity index (χ0v) is 8.90. The summed E-state index contributed by atoms with van der Waals surface area (Å²) in [5.74, 6) is 1.12. The van der Waals surface area contributed by atoms with Crippen molar-refractivity contribution < 1.29 is 0 Å². The molecule has 3 nitrogen and oxygen atoms in total. The van der Waals surface area contributed by atoms with Crippen molar-refractivity contribution >= 4 is 11.0 Å². The molecule has 1 saturated carbocycles. The third kappa shape index (κ3) is 1.27. The third-order valence-corrected chi connectivity index (χ3v) is 3.10. The average Bonchev–Trinajstić information content (AvgIpc) is 3.00. The van der Waals surface area contributed by atoms with Crippen molar-refractivity contribution in [3.05, 3.63) is 29.6 Å². The van der Waals surface area contributed by atoms with E-state index in [2.05, 4.69) is 28.6 Å². The Balaban J connectivity index is 2.35. The molecule has 1 aliphatic rings. The molecule has 1 fully saturated rings. The van der Waals surface area contributed by atoms with Gasteiger partial charge in [0.15, 0.2) is 0 Å². The van der Waals surface area contributed by atoms with Gasteiger partial charge >= 0.3 is 0 Å². The highest BCUT2D eigenvalue weighted by Crippen LogP contribution is 2.39. The van der Waals surface area contributed by atoms with Gasteiger partial charge in [0.05, 0.1) is 11.0 Å². The van der Waals surface area contributed by atoms with Crippen LogP contribution in [0.3, 0.4) is 0 Å². The monoisotopic (exact) mass is 201 g/mol. The molecule has 1 aliphatic carbocycles. The number of benzene rings is 1. The molecule has 0 spiro atoms. The fourth-order valence-electron chi connectivity index (χ4n) is 2.28. The molecule has 1 heterocycles. The zero-order chi connectivity index (χ0) is 10.4. The van der Waals surface area contributed by atoms with Gasteiger partial charge in [-0.05, 0) is 31.4 Å². The summed E-state index contributed by atoms with van der Waals surface area (Å²) in [6.07, 6.45) is 2.57. The summed E-state index contributed by atoms with van der Waals surface area (Å²) in [6.45, 7) is 2.67. The molecule has 2 N–H and O–H groups in total. The predicted octanol–water partition coefficient (Wildman–Crippen LogP) is 2.14. The molecule has 0 bridgehead atoms. The van der Waals surface area contributed by atoms with Crippen LogP contribution in [0.25, 0.3) is 11.0 Å². The van der Waals surface area contributed by atoms with E-state index in [0.29, 0.717) is 12.6 Å². The van der Waals surface area contributed by atoms with Gasteiger partial charge < -0.3 is 10.3 Å². The average molecular weight is 201 g/mol. The molecular weight excluding hydrogens is 186 g/mol. The van der Waals surface area contributed by atoms with Crippen LogP contribution < -0.4 is 5.73 Å². The second-order valence-corrected chi connectivity index (χ2v) is 4.25. The molecule has 0 saturated heterocycles. The molecule has 0 aliphatic heterocycles. The Morgan fingerprint density at radius 1 is 1.47 bits per heavy atom. The molecule has 1 aromatic carbocycles. The van der Waals surface area contributed by atoms with E-state index in [1.807, 2.05) is 6.07 Å². The Morgan fingerprint density at radius 2 is 2.27 bits per heavy atom. The van der Waals surface area contributed by atoms with E-state index < -0.39 is 0 Å². The van der Waals surface area contributed by atoms with Crippen molar-refractivity contribution in [3.8, 4) is 0 Å². The quantitative estimate of drug-likeness (QED) is 0.809. The Morgan fingerprint density at radius 3 is 2.93 bits per heavy atom. The first-order chi connectivity index (χ1) is 7.31. The van der Waals surface area contributed by atoms with Gasteiger partial charge in [0.25, 0.3) is 0 Å². The van der Waals surface area contributed by atoms with Gasteiger partial charge in [-0.1, -0.05) is 12.1 Å². The maximum Gasteiger partial charge on any atom is 0.106 e. The maximum atomic E-state index is 5.77. The predicted molar refractivity (Wildman–Crippen MR) is 60.6 cm³/mol. The summed E-state index contributed by atoms with van der Waals surface area (Å²) in [7, 11) is 0. The lowest BCUT2D eigenvalue weighted by molar-refractivity contribution is 0.730. The van der Waals surface area contributed by atoms with Gasteiger partial charge in [0.2, 0.25) is 0 Å². The number of nitrogens with zero attached hydrogens (tertiary/aromatic N) is 2. The van der Waals surface area contributed by atoms with Crippen molar-refractivity contribution in [2.75, 3.05) is 0 Å². The van der Waals surface area contributed by atoms with Crippen LogP contribution in [0.15, 0.2) is 18.2 Å². The lowest BCUT2D eigenvalue weighted by Crippen LogP contribution is -2.02. The lowest BCUT2D eigenvalue weighted by atomic mass is 10.2. The highest BCUT2D eigenvalue weighted by atomic mass is 15.1. The first-order valence-electron chi connectivity index (χ1n) is 5.47. The topological polar surface area (TPSA) is 43.8 Å². The number of hydrogen-bond donors (Lipinski definition) is 1. The van der Waals surface area contributed by atoms with Crippen LogP contribution in [0, 0.1) is 6.92 Å². The number of rotatable bonds is 2. The number of aryl methyl sites for hydroxylation is 1. The van der Waals surface area contributed by atoms with Gasteiger partial charge in [0, 0.05) is 12.6 Å². The number of imidazole rings is 1. The van der Waals surface area contributed by atoms with Crippen LogP contribution in [0.4, 0.5) is 0 Å². The van der Waals surface area contributed by atoms with Gasteiger partial charge in [-0.15, -0.1) is 0 Å². The fraction of sp³-hybridized carbons (Fsp3) is 0.417. The van der Waals surface area contributed by atoms with E-state index in [9.17, 15) is 0 Å². The number of fused-ring (bicyclic) bond motifs is 1. The largest absolute Gasteiger partial charge is 0.326 e. The molecule has 0 unspecified atom stereocenters. The second-order valence-electron chi connectivity index (χ2n) is 4.25. The molecule has 1 aromatic heterocycles. The summed E-state index contributed by atoms with van der Waals surface area (Å²) >= 11 is 0. The van der Waals surface area contributed by atoms with E-state index in [-0.39, 0.29) is 0 Å². The third-order valence-electron chi connectivity index (χ3n) is 3.10. The molecule has 0 radical (unpaired) electrons. The van der Waals surface area contributed by atoms with Crippen molar-refractivity contribution in [3.63, 3.8) is 0 Å². The molecule has 3 rings (SSSR count). The van der Waals surface area contributed by atoms with Gasteiger partial charge in [-0.25, -0.2) is 4.98 Å². The number of hydrogen-bond acceptors (Lipinski definition) is 2. The van der Waals surface area contributed by atoms with Crippen molar-refractivity contribution in [2.45, 2.75) is 32.4 Å². The number of aromatic nitrogens is 2. The van der Waals surface area contributed by atoms with Gasteiger partial charge in [-0.2, -0.15) is 0 Å². The van der Waals surface area contributed by atoms with E-state index in [4.69, 9.17) is 5.73 Å². The van der Waals surface area contributed by atoms with E-state index in [1.165, 1.54) is 23.9 Å². The first kappa shape index (κ1) is 8.92. The van der Waals surface area contributed by atoms with Gasteiger partial charge in [-0.3, -0.25) is 0 Å². The summed E-state index contributed by atoms with van der Waals surface area (Å²) in [6, 6.07) is 6.87. The summed E-state index contributed by atoms with van der Waals surface area (Å²) in [5.41, 5.74) is 9.32.